The molecule has 2 amide bonds. The van der Waals surface area contributed by atoms with Gasteiger partial charge in [0.1, 0.15) is 29.8 Å². The lowest BCUT2D eigenvalue weighted by molar-refractivity contribution is -0.165. The van der Waals surface area contributed by atoms with E-state index in [2.05, 4.69) is 9.97 Å². The minimum atomic E-state index is -1.25. The van der Waals surface area contributed by atoms with Crippen LogP contribution in [0.1, 0.15) is 68.7 Å². The van der Waals surface area contributed by atoms with Crippen LogP contribution < -0.4 is 16.0 Å². The van der Waals surface area contributed by atoms with Crippen molar-refractivity contribution in [2.24, 2.45) is 5.92 Å². The van der Waals surface area contributed by atoms with Crippen LogP contribution in [0.2, 0.25) is 0 Å². The van der Waals surface area contributed by atoms with Gasteiger partial charge in [-0.25, -0.2) is 9.55 Å². The van der Waals surface area contributed by atoms with Crippen LogP contribution in [0.15, 0.2) is 120 Å². The van der Waals surface area contributed by atoms with Gasteiger partial charge >= 0.3 is 0 Å². The maximum atomic E-state index is 13.5. The Morgan fingerprint density at radius 3 is 2.07 bits per heavy atom. The summed E-state index contributed by atoms with van der Waals surface area (Å²) in [6, 6.07) is 33.5. The second-order valence-electron chi connectivity index (χ2n) is 13.8. The third-order valence-electron chi connectivity index (χ3n) is 10.1. The van der Waals surface area contributed by atoms with Gasteiger partial charge in [-0.2, -0.15) is 4.98 Å². The van der Waals surface area contributed by atoms with E-state index in [1.165, 1.54) is 10.9 Å². The van der Waals surface area contributed by atoms with Crippen LogP contribution in [0.25, 0.3) is 11.2 Å². The van der Waals surface area contributed by atoms with Crippen LogP contribution in [-0.2, 0) is 19.9 Å². The van der Waals surface area contributed by atoms with Crippen molar-refractivity contribution in [1.29, 1.82) is 0 Å². The van der Waals surface area contributed by atoms with Gasteiger partial charge < -0.3 is 19.9 Å². The molecule has 284 valence electrons. The fraction of sp³-hybridized carbons (Fsp3) is 0.238. The van der Waals surface area contributed by atoms with E-state index >= 15 is 0 Å². The molecule has 2 N–H and O–H groups in total. The number of benzene rings is 4. The van der Waals surface area contributed by atoms with Crippen LogP contribution >= 0.6 is 0 Å². The molecule has 0 saturated carbocycles. The zero-order chi connectivity index (χ0) is 39.1. The van der Waals surface area contributed by atoms with Gasteiger partial charge in [0.05, 0.1) is 31.2 Å². The van der Waals surface area contributed by atoms with Gasteiger partial charge in [-0.15, -0.1) is 5.06 Å². The van der Waals surface area contributed by atoms with Crippen LogP contribution in [0.5, 0.6) is 5.75 Å². The normalized spacial score (nSPS) is 18.2. The number of nitrogen functional groups attached to an aromatic ring is 1. The monoisotopic (exact) mass is 754 g/mol. The highest BCUT2D eigenvalue weighted by molar-refractivity contribution is 6.20. The Morgan fingerprint density at radius 2 is 1.46 bits per heavy atom. The van der Waals surface area contributed by atoms with Gasteiger partial charge in [-0.05, 0) is 29.3 Å². The van der Waals surface area contributed by atoms with Gasteiger partial charge in [0.25, 0.3) is 17.4 Å². The second kappa shape index (κ2) is 14.6. The van der Waals surface area contributed by atoms with Gasteiger partial charge in [0, 0.05) is 17.9 Å². The minimum absolute atomic E-state index is 0.0703. The molecule has 6 aromatic rings. The van der Waals surface area contributed by atoms with E-state index in [4.69, 9.17) is 24.8 Å². The number of rotatable bonds is 11. The van der Waals surface area contributed by atoms with Crippen molar-refractivity contribution in [1.82, 2.24) is 24.2 Å². The van der Waals surface area contributed by atoms with Crippen molar-refractivity contribution in [2.45, 2.75) is 44.3 Å². The van der Waals surface area contributed by atoms with Crippen molar-refractivity contribution in [2.75, 3.05) is 19.5 Å². The topological polar surface area (TPSA) is 170 Å². The first-order valence-electron chi connectivity index (χ1n) is 18.1. The number of imidazole rings is 1. The number of hydrogen-bond acceptors (Lipinski definition) is 11. The smallest absolute Gasteiger partial charge is 0.289 e. The predicted molar refractivity (Wildman–Crippen MR) is 204 cm³/mol. The van der Waals surface area contributed by atoms with Gasteiger partial charge in [-0.1, -0.05) is 105 Å². The first kappa shape index (κ1) is 36.5. The summed E-state index contributed by atoms with van der Waals surface area (Å²) >= 11 is 0. The van der Waals surface area contributed by atoms with E-state index in [1.54, 1.807) is 45.2 Å². The SMILES string of the molecule is COc1ccccc1C(OC[C@H]1O[C@@H](n2cnc3c(=O)n(C(=O)C(C)C)c(N)nc32)C[C@@H]1ON1C(=O)c2ccccc2C1=O)(c1ccccc1)c1ccccc1. The summed E-state index contributed by atoms with van der Waals surface area (Å²) in [6.45, 7) is 3.18. The van der Waals surface area contributed by atoms with Crippen molar-refractivity contribution < 1.29 is 33.4 Å². The molecule has 0 aliphatic carbocycles. The summed E-state index contributed by atoms with van der Waals surface area (Å²) in [6.07, 6.45) is -1.29. The molecular weight excluding hydrogens is 716 g/mol. The Hall–Kier alpha value is -6.48. The summed E-state index contributed by atoms with van der Waals surface area (Å²) in [5.74, 6) is -1.97. The van der Waals surface area contributed by atoms with Crippen LogP contribution in [-0.4, -0.2) is 67.8 Å². The molecule has 56 heavy (non-hydrogen) atoms. The van der Waals surface area contributed by atoms with Crippen LogP contribution in [0.4, 0.5) is 5.95 Å². The van der Waals surface area contributed by atoms with Gasteiger partial charge in [-0.3, -0.25) is 28.6 Å². The maximum Gasteiger partial charge on any atom is 0.289 e. The fourth-order valence-corrected chi connectivity index (χ4v) is 7.41. The Balaban J connectivity index is 1.21. The van der Waals surface area contributed by atoms with Crippen molar-refractivity contribution in [3.05, 3.63) is 154 Å². The highest BCUT2D eigenvalue weighted by Gasteiger charge is 2.47. The number of methoxy groups -OCH3 is 1. The Labute approximate surface area is 321 Å². The maximum absolute atomic E-state index is 13.5. The predicted octanol–water partition coefficient (Wildman–Crippen LogP) is 5.37. The third kappa shape index (κ3) is 6.04. The Kier molecular flexibility index (Phi) is 9.54. The quantitative estimate of drug-likeness (QED) is 0.133. The zero-order valence-electron chi connectivity index (χ0n) is 30.8. The molecule has 1 fully saturated rings. The van der Waals surface area contributed by atoms with Gasteiger partial charge in [0.2, 0.25) is 11.9 Å². The summed E-state index contributed by atoms with van der Waals surface area (Å²) in [5, 5.41) is 0.758. The number of imide groups is 1. The summed E-state index contributed by atoms with van der Waals surface area (Å²) in [7, 11) is 1.60. The average Bonchev–Trinajstić information content (AvgIpc) is 3.90. The highest BCUT2D eigenvalue weighted by atomic mass is 16.7. The summed E-state index contributed by atoms with van der Waals surface area (Å²) in [4.78, 5) is 68.4. The number of aromatic nitrogens is 4. The van der Waals surface area contributed by atoms with Gasteiger partial charge in [0.15, 0.2) is 11.2 Å². The number of hydroxylamine groups is 2. The lowest BCUT2D eigenvalue weighted by Gasteiger charge is -2.38. The number of nitrogens with two attached hydrogens (primary N) is 1. The van der Waals surface area contributed by atoms with E-state index in [9.17, 15) is 19.2 Å². The molecule has 14 nitrogen and oxygen atoms in total. The molecule has 2 aliphatic rings. The first-order valence-corrected chi connectivity index (χ1v) is 18.1. The first-order chi connectivity index (χ1) is 27.1. The van der Waals surface area contributed by atoms with E-state index < -0.39 is 53.2 Å². The number of hydrogen-bond donors (Lipinski definition) is 1. The summed E-state index contributed by atoms with van der Waals surface area (Å²) in [5.41, 5.74) is 6.99. The number of ether oxygens (including phenoxy) is 3. The number of anilines is 1. The van der Waals surface area contributed by atoms with E-state index in [0.29, 0.717) is 5.75 Å². The zero-order valence-corrected chi connectivity index (χ0v) is 30.8. The molecule has 0 spiro atoms. The van der Waals surface area contributed by atoms with Crippen LogP contribution in [0, 0.1) is 5.92 Å². The molecule has 0 bridgehead atoms. The number of nitrogens with zero attached hydrogens (tertiary/aromatic N) is 5. The van der Waals surface area contributed by atoms with Crippen molar-refractivity contribution in [3.63, 3.8) is 0 Å². The molecule has 14 heteroatoms. The van der Waals surface area contributed by atoms with E-state index in [1.807, 2.05) is 84.9 Å². The molecule has 0 unspecified atom stereocenters. The molecule has 3 atom stereocenters. The standard InChI is InChI=1S/C42H38N6O8/c1-25(2)37(49)47-40(52)35-36(45-41(47)43)46(24-44-35)34-22-32(56-48-38(50)28-18-10-11-19-29(28)39(48)51)33(55-34)23-54-42(26-14-6-4-7-15-26,27-16-8-5-9-17-27)30-20-12-13-21-31(30)53-3/h4-21,24-25,32-34H,22-23H2,1-3H3,(H2,43,45)/t32-,33+,34+/m0/s1. The van der Waals surface area contributed by atoms with Crippen LogP contribution in [0.3, 0.4) is 0 Å². The number of amides is 2. The molecule has 1 saturated heterocycles. The lowest BCUT2D eigenvalue weighted by Crippen LogP contribution is -2.42. The van der Waals surface area contributed by atoms with E-state index in [0.717, 1.165) is 26.3 Å². The molecule has 8 rings (SSSR count). The molecule has 2 aromatic heterocycles. The lowest BCUT2D eigenvalue weighted by atomic mass is 9.79. The largest absolute Gasteiger partial charge is 0.496 e. The Morgan fingerprint density at radius 1 is 0.875 bits per heavy atom. The second-order valence-corrected chi connectivity index (χ2v) is 13.8. The molecule has 0 radical (unpaired) electrons. The minimum Gasteiger partial charge on any atom is -0.496 e. The fourth-order valence-electron chi connectivity index (χ4n) is 7.41. The van der Waals surface area contributed by atoms with Crippen molar-refractivity contribution in [3.8, 4) is 5.75 Å². The molecular formula is C42H38N6O8. The van der Waals surface area contributed by atoms with E-state index in [-0.39, 0.29) is 41.3 Å². The number of para-hydroxylation sites is 1. The summed E-state index contributed by atoms with van der Waals surface area (Å²) < 4.78 is 22.1. The molecule has 2 aliphatic heterocycles. The average molecular weight is 755 g/mol. The molecule has 4 heterocycles. The number of carbonyl (C=O) groups excluding carboxylic acids is 3. The third-order valence-corrected chi connectivity index (χ3v) is 10.1. The van der Waals surface area contributed by atoms with Crippen molar-refractivity contribution >= 4 is 34.8 Å². The number of carbonyl (C=O) groups is 3. The number of fused-ring (bicyclic) bond motifs is 2. The molecule has 4 aromatic carbocycles. The highest BCUT2D eigenvalue weighted by Crippen LogP contribution is 2.45. The Bertz CT molecular complexity index is 2440.